The SMILES string of the molecule is C[C@H]1Oc2cc(cnc2N)-c2c(nn(C)c2C#N)CCOc2ccc(F)cc21. The lowest BCUT2D eigenvalue weighted by atomic mass is 10.0. The van der Waals surface area contributed by atoms with E-state index in [0.29, 0.717) is 52.6 Å². The van der Waals surface area contributed by atoms with Gasteiger partial charge in [-0.2, -0.15) is 10.4 Å². The molecule has 0 spiro atoms. The minimum atomic E-state index is -0.520. The average Bonchev–Trinajstić information content (AvgIpc) is 2.99. The Bertz CT molecular complexity index is 1100. The lowest BCUT2D eigenvalue weighted by molar-refractivity contribution is 0.216. The first-order chi connectivity index (χ1) is 13.5. The normalized spacial score (nSPS) is 15.7. The number of aromatic nitrogens is 3. The molecule has 2 aromatic heterocycles. The molecule has 0 radical (unpaired) electrons. The number of fused-ring (bicyclic) bond motifs is 5. The third kappa shape index (κ3) is 3.01. The summed E-state index contributed by atoms with van der Waals surface area (Å²) < 4.78 is 27.2. The smallest absolute Gasteiger partial charge is 0.166 e. The molecule has 2 N–H and O–H groups in total. The van der Waals surface area contributed by atoms with E-state index in [-0.39, 0.29) is 11.6 Å². The summed E-state index contributed by atoms with van der Waals surface area (Å²) in [5.41, 5.74) is 9.04. The lowest BCUT2D eigenvalue weighted by Gasteiger charge is -2.20. The Morgan fingerprint density at radius 2 is 2.14 bits per heavy atom. The molecule has 0 unspecified atom stereocenters. The fourth-order valence-corrected chi connectivity index (χ4v) is 3.35. The molecular weight excluding hydrogens is 361 g/mol. The number of ether oxygens (including phenoxy) is 2. The Morgan fingerprint density at radius 1 is 1.32 bits per heavy atom. The van der Waals surface area contributed by atoms with Crippen molar-refractivity contribution in [2.45, 2.75) is 19.4 Å². The number of benzene rings is 1. The molecule has 0 saturated carbocycles. The highest BCUT2D eigenvalue weighted by atomic mass is 19.1. The molecule has 3 heterocycles. The zero-order chi connectivity index (χ0) is 19.8. The fraction of sp³-hybridized carbons (Fsp3) is 0.250. The van der Waals surface area contributed by atoms with Crippen molar-refractivity contribution in [1.29, 1.82) is 5.26 Å². The second kappa shape index (κ2) is 6.85. The van der Waals surface area contributed by atoms with Gasteiger partial charge in [0.25, 0.3) is 0 Å². The van der Waals surface area contributed by atoms with Crippen LogP contribution in [0.4, 0.5) is 10.2 Å². The van der Waals surface area contributed by atoms with E-state index in [2.05, 4.69) is 16.2 Å². The highest BCUT2D eigenvalue weighted by Gasteiger charge is 2.22. The highest BCUT2D eigenvalue weighted by Crippen LogP contribution is 2.36. The molecule has 0 saturated heterocycles. The summed E-state index contributed by atoms with van der Waals surface area (Å²) in [6.45, 7) is 2.10. The molecule has 3 aromatic rings. The van der Waals surface area contributed by atoms with Gasteiger partial charge in [-0.15, -0.1) is 0 Å². The molecule has 2 bridgehead atoms. The predicted octanol–water partition coefficient (Wildman–Crippen LogP) is 3.15. The summed E-state index contributed by atoms with van der Waals surface area (Å²) in [7, 11) is 1.72. The number of rotatable bonds is 0. The number of nitrogens with two attached hydrogens (primary N) is 1. The largest absolute Gasteiger partial charge is 0.493 e. The summed E-state index contributed by atoms with van der Waals surface area (Å²) in [5, 5.41) is 14.0. The van der Waals surface area contributed by atoms with Crippen LogP contribution in [0.25, 0.3) is 11.1 Å². The van der Waals surface area contributed by atoms with Gasteiger partial charge >= 0.3 is 0 Å². The number of nitrogens with zero attached hydrogens (tertiary/aromatic N) is 4. The third-order valence-electron chi connectivity index (χ3n) is 4.71. The van der Waals surface area contributed by atoms with Gasteiger partial charge in [-0.05, 0) is 31.2 Å². The number of anilines is 1. The third-order valence-corrected chi connectivity index (χ3v) is 4.71. The van der Waals surface area contributed by atoms with Gasteiger partial charge in [0.1, 0.15) is 29.4 Å². The van der Waals surface area contributed by atoms with E-state index >= 15 is 0 Å². The molecular formula is C20H18FN5O2. The first kappa shape index (κ1) is 17.8. The van der Waals surface area contributed by atoms with Gasteiger partial charge in [0.2, 0.25) is 0 Å². The van der Waals surface area contributed by atoms with Crippen molar-refractivity contribution >= 4 is 5.82 Å². The summed E-state index contributed by atoms with van der Waals surface area (Å²) in [4.78, 5) is 4.22. The molecule has 8 heteroatoms. The van der Waals surface area contributed by atoms with Crippen molar-refractivity contribution in [3.8, 4) is 28.7 Å². The molecule has 1 aliphatic rings. The number of nitriles is 1. The van der Waals surface area contributed by atoms with Crippen LogP contribution in [0.1, 0.15) is 30.0 Å². The summed E-state index contributed by atoms with van der Waals surface area (Å²) >= 11 is 0. The van der Waals surface area contributed by atoms with Gasteiger partial charge in [0.05, 0.1) is 12.3 Å². The van der Waals surface area contributed by atoms with Gasteiger partial charge in [-0.1, -0.05) is 0 Å². The number of aryl methyl sites for hydroxylation is 1. The quantitative estimate of drug-likeness (QED) is 0.644. The number of hydrogen-bond acceptors (Lipinski definition) is 6. The van der Waals surface area contributed by atoms with Crippen LogP contribution in [0.5, 0.6) is 11.5 Å². The molecule has 0 amide bonds. The van der Waals surface area contributed by atoms with Crippen LogP contribution < -0.4 is 15.2 Å². The highest BCUT2D eigenvalue weighted by molar-refractivity contribution is 5.73. The molecule has 1 aromatic carbocycles. The maximum Gasteiger partial charge on any atom is 0.166 e. The van der Waals surface area contributed by atoms with Crippen molar-refractivity contribution in [3.05, 3.63) is 53.2 Å². The molecule has 1 aliphatic heterocycles. The molecule has 0 aliphatic carbocycles. The summed E-state index contributed by atoms with van der Waals surface area (Å²) in [6, 6.07) is 8.23. The second-order valence-corrected chi connectivity index (χ2v) is 6.55. The number of halogens is 1. The van der Waals surface area contributed by atoms with Crippen LogP contribution in [0.3, 0.4) is 0 Å². The monoisotopic (exact) mass is 379 g/mol. The van der Waals surface area contributed by atoms with Crippen LogP contribution in [0.2, 0.25) is 0 Å². The number of pyridine rings is 1. The topological polar surface area (TPSA) is 99.0 Å². The van der Waals surface area contributed by atoms with Crippen LogP contribution in [0.15, 0.2) is 30.5 Å². The van der Waals surface area contributed by atoms with E-state index in [4.69, 9.17) is 15.2 Å². The first-order valence-corrected chi connectivity index (χ1v) is 8.78. The van der Waals surface area contributed by atoms with Crippen molar-refractivity contribution < 1.29 is 13.9 Å². The maximum absolute atomic E-state index is 13.8. The van der Waals surface area contributed by atoms with E-state index in [1.54, 1.807) is 32.3 Å². The standard InChI is InChI=1S/C20H18FN5O2/c1-11-14-8-13(21)3-4-17(14)27-6-5-15-19(16(9-22)26(2)25-15)12-7-18(28-11)20(23)24-10-12/h3-4,7-8,10-11H,5-6H2,1-2H3,(H2,23,24)/t11-/m1/s1. The van der Waals surface area contributed by atoms with Crippen molar-refractivity contribution in [3.63, 3.8) is 0 Å². The Hall–Kier alpha value is -3.60. The van der Waals surface area contributed by atoms with Gasteiger partial charge in [-0.3, -0.25) is 4.68 Å². The first-order valence-electron chi connectivity index (χ1n) is 8.78. The van der Waals surface area contributed by atoms with Gasteiger partial charge in [0, 0.05) is 36.4 Å². The minimum Gasteiger partial charge on any atom is -0.493 e. The van der Waals surface area contributed by atoms with Gasteiger partial charge in [0.15, 0.2) is 11.6 Å². The number of nitrogen functional groups attached to an aromatic ring is 1. The van der Waals surface area contributed by atoms with Crippen LogP contribution >= 0.6 is 0 Å². The molecule has 1 atom stereocenters. The Labute approximate surface area is 161 Å². The minimum absolute atomic E-state index is 0.204. The zero-order valence-electron chi connectivity index (χ0n) is 15.4. The van der Waals surface area contributed by atoms with E-state index in [1.807, 2.05) is 0 Å². The lowest BCUT2D eigenvalue weighted by Crippen LogP contribution is -2.11. The fourth-order valence-electron chi connectivity index (χ4n) is 3.35. The maximum atomic E-state index is 13.8. The Balaban J connectivity index is 1.90. The predicted molar refractivity (Wildman–Crippen MR) is 100 cm³/mol. The molecule has 4 rings (SSSR count). The van der Waals surface area contributed by atoms with Crippen LogP contribution in [-0.2, 0) is 13.5 Å². The Kier molecular flexibility index (Phi) is 4.35. The van der Waals surface area contributed by atoms with Crippen molar-refractivity contribution in [2.75, 3.05) is 12.3 Å². The van der Waals surface area contributed by atoms with E-state index in [0.717, 1.165) is 0 Å². The molecule has 7 nitrogen and oxygen atoms in total. The van der Waals surface area contributed by atoms with E-state index < -0.39 is 6.10 Å². The zero-order valence-corrected chi connectivity index (χ0v) is 15.4. The van der Waals surface area contributed by atoms with Crippen molar-refractivity contribution in [2.24, 2.45) is 7.05 Å². The molecule has 28 heavy (non-hydrogen) atoms. The van der Waals surface area contributed by atoms with E-state index in [9.17, 15) is 9.65 Å². The summed E-state index contributed by atoms with van der Waals surface area (Å²) in [6.07, 6.45) is 1.54. The second-order valence-electron chi connectivity index (χ2n) is 6.55. The van der Waals surface area contributed by atoms with Crippen molar-refractivity contribution in [1.82, 2.24) is 14.8 Å². The van der Waals surface area contributed by atoms with Crippen LogP contribution in [-0.4, -0.2) is 21.4 Å². The van der Waals surface area contributed by atoms with Crippen LogP contribution in [0, 0.1) is 17.1 Å². The van der Waals surface area contributed by atoms with Gasteiger partial charge < -0.3 is 15.2 Å². The summed E-state index contributed by atoms with van der Waals surface area (Å²) in [5.74, 6) is 0.695. The van der Waals surface area contributed by atoms with E-state index in [1.165, 1.54) is 16.8 Å². The molecule has 0 fully saturated rings. The van der Waals surface area contributed by atoms with Gasteiger partial charge in [-0.25, -0.2) is 9.37 Å². The Morgan fingerprint density at radius 3 is 2.93 bits per heavy atom. The number of hydrogen-bond donors (Lipinski definition) is 1. The molecule has 142 valence electrons. The average molecular weight is 379 g/mol.